The van der Waals surface area contributed by atoms with Crippen molar-refractivity contribution in [3.8, 4) is 0 Å². The molecule has 0 spiro atoms. The molecule has 8 nitrogen and oxygen atoms in total. The van der Waals surface area contributed by atoms with Crippen LogP contribution in [0.5, 0.6) is 0 Å². The zero-order chi connectivity index (χ0) is 20.4. The Morgan fingerprint density at radius 1 is 1.10 bits per heavy atom. The number of nitrogens with zero attached hydrogens (tertiary/aromatic N) is 3. The van der Waals surface area contributed by atoms with Crippen LogP contribution in [-0.4, -0.2) is 47.0 Å². The molecule has 29 heavy (non-hydrogen) atoms. The first-order valence-electron chi connectivity index (χ1n) is 9.61. The number of sulfonamides is 1. The summed E-state index contributed by atoms with van der Waals surface area (Å²) in [6.45, 7) is 1.54. The van der Waals surface area contributed by atoms with Crippen molar-refractivity contribution < 1.29 is 13.2 Å². The molecule has 0 bridgehead atoms. The molecule has 10 heteroatoms. The maximum atomic E-state index is 13.0. The molecule has 1 aromatic heterocycles. The quantitative estimate of drug-likeness (QED) is 0.740. The van der Waals surface area contributed by atoms with Gasteiger partial charge in [-0.05, 0) is 31.0 Å². The van der Waals surface area contributed by atoms with E-state index in [0.29, 0.717) is 30.5 Å². The molecule has 3 heterocycles. The van der Waals surface area contributed by atoms with Crippen LogP contribution in [0.2, 0.25) is 0 Å². The summed E-state index contributed by atoms with van der Waals surface area (Å²) < 4.78 is 29.0. The molecule has 0 atom stereocenters. The summed E-state index contributed by atoms with van der Waals surface area (Å²) in [5, 5.41) is 3.24. The second-order valence-electron chi connectivity index (χ2n) is 7.06. The number of nitrogens with one attached hydrogen (secondary N) is 1. The Bertz CT molecular complexity index is 1090. The lowest BCUT2D eigenvalue weighted by atomic mass is 10.2. The average Bonchev–Trinajstić information content (AvgIpc) is 3.02. The van der Waals surface area contributed by atoms with Crippen molar-refractivity contribution in [3.63, 3.8) is 0 Å². The van der Waals surface area contributed by atoms with E-state index in [9.17, 15) is 18.0 Å². The predicted octanol–water partition coefficient (Wildman–Crippen LogP) is 2.17. The van der Waals surface area contributed by atoms with Crippen molar-refractivity contribution in [1.82, 2.24) is 13.9 Å². The van der Waals surface area contributed by atoms with E-state index in [0.717, 1.165) is 31.4 Å². The Balaban J connectivity index is 1.56. The SMILES string of the molecule is O=C(Nc1cccc(S(=O)(=O)N2CCCCCC2)c1)c1cnc2n(c1=O)CCS2. The van der Waals surface area contributed by atoms with Crippen LogP contribution in [0.4, 0.5) is 5.69 Å². The number of thioether (sulfide) groups is 1. The molecule has 0 aliphatic carbocycles. The van der Waals surface area contributed by atoms with Gasteiger partial charge in [0.25, 0.3) is 11.5 Å². The van der Waals surface area contributed by atoms with Crippen LogP contribution in [0.1, 0.15) is 36.0 Å². The molecular formula is C19H22N4O4S2. The summed E-state index contributed by atoms with van der Waals surface area (Å²) in [6.07, 6.45) is 5.04. The summed E-state index contributed by atoms with van der Waals surface area (Å²) in [7, 11) is -3.62. The highest BCUT2D eigenvalue weighted by atomic mass is 32.2. The number of anilines is 1. The minimum Gasteiger partial charge on any atom is -0.322 e. The molecule has 1 amide bonds. The number of carbonyl (C=O) groups is 1. The minimum atomic E-state index is -3.62. The number of amides is 1. The highest BCUT2D eigenvalue weighted by Crippen LogP contribution is 2.23. The van der Waals surface area contributed by atoms with Crippen molar-refractivity contribution in [3.05, 3.63) is 46.4 Å². The number of aromatic nitrogens is 2. The Morgan fingerprint density at radius 2 is 1.86 bits per heavy atom. The lowest BCUT2D eigenvalue weighted by Gasteiger charge is -2.20. The van der Waals surface area contributed by atoms with E-state index in [-0.39, 0.29) is 16.0 Å². The summed E-state index contributed by atoms with van der Waals surface area (Å²) in [5.74, 6) is 0.156. The molecule has 1 fully saturated rings. The van der Waals surface area contributed by atoms with E-state index < -0.39 is 15.9 Å². The summed E-state index contributed by atoms with van der Waals surface area (Å²) >= 11 is 1.47. The van der Waals surface area contributed by atoms with Crippen LogP contribution in [0.15, 0.2) is 45.3 Å². The van der Waals surface area contributed by atoms with Crippen LogP contribution >= 0.6 is 11.8 Å². The number of fused-ring (bicyclic) bond motifs is 1. The van der Waals surface area contributed by atoms with E-state index in [4.69, 9.17) is 0 Å². The third kappa shape index (κ3) is 4.10. The Kier molecular flexibility index (Phi) is 5.75. The normalized spacial score (nSPS) is 17.5. The van der Waals surface area contributed by atoms with Gasteiger partial charge in [-0.15, -0.1) is 0 Å². The summed E-state index contributed by atoms with van der Waals surface area (Å²) in [6, 6.07) is 6.16. The lowest BCUT2D eigenvalue weighted by molar-refractivity contribution is 0.102. The first-order chi connectivity index (χ1) is 14.0. The van der Waals surface area contributed by atoms with Crippen LogP contribution in [0.25, 0.3) is 0 Å². The third-order valence-electron chi connectivity index (χ3n) is 5.10. The van der Waals surface area contributed by atoms with Gasteiger partial charge in [0, 0.05) is 37.3 Å². The molecule has 154 valence electrons. The zero-order valence-corrected chi connectivity index (χ0v) is 17.5. The van der Waals surface area contributed by atoms with Gasteiger partial charge < -0.3 is 5.32 Å². The number of hydrogen-bond donors (Lipinski definition) is 1. The van der Waals surface area contributed by atoms with Crippen molar-refractivity contribution in [1.29, 1.82) is 0 Å². The minimum absolute atomic E-state index is 0.0583. The van der Waals surface area contributed by atoms with E-state index in [1.807, 2.05) is 0 Å². The summed E-state index contributed by atoms with van der Waals surface area (Å²) in [4.78, 5) is 29.4. The highest BCUT2D eigenvalue weighted by Gasteiger charge is 2.26. The zero-order valence-electron chi connectivity index (χ0n) is 15.8. The molecular weight excluding hydrogens is 412 g/mol. The maximum absolute atomic E-state index is 13.0. The van der Waals surface area contributed by atoms with Crippen molar-refractivity contribution >= 4 is 33.4 Å². The molecule has 0 unspecified atom stereocenters. The second kappa shape index (κ2) is 8.29. The largest absolute Gasteiger partial charge is 0.322 e. The number of hydrogen-bond acceptors (Lipinski definition) is 6. The smallest absolute Gasteiger partial charge is 0.267 e. The van der Waals surface area contributed by atoms with E-state index in [2.05, 4.69) is 10.3 Å². The number of carbonyl (C=O) groups excluding carboxylic acids is 1. The second-order valence-corrected chi connectivity index (χ2v) is 10.1. The van der Waals surface area contributed by atoms with Gasteiger partial charge in [0.15, 0.2) is 5.16 Å². The van der Waals surface area contributed by atoms with Crippen molar-refractivity contribution in [2.75, 3.05) is 24.2 Å². The molecule has 2 aliphatic heterocycles. The monoisotopic (exact) mass is 434 g/mol. The van der Waals surface area contributed by atoms with Gasteiger partial charge in [0.1, 0.15) is 5.56 Å². The first kappa shape index (κ1) is 20.1. The van der Waals surface area contributed by atoms with Crippen LogP contribution in [0, 0.1) is 0 Å². The average molecular weight is 435 g/mol. The Hall–Kier alpha value is -2.17. The molecule has 2 aromatic rings. The van der Waals surface area contributed by atoms with E-state index >= 15 is 0 Å². The number of benzene rings is 1. The number of rotatable bonds is 4. The van der Waals surface area contributed by atoms with Gasteiger partial charge in [-0.3, -0.25) is 14.2 Å². The molecule has 0 saturated carbocycles. The fourth-order valence-electron chi connectivity index (χ4n) is 3.54. The van der Waals surface area contributed by atoms with Gasteiger partial charge in [-0.1, -0.05) is 30.7 Å². The van der Waals surface area contributed by atoms with Gasteiger partial charge in [-0.25, -0.2) is 13.4 Å². The van der Waals surface area contributed by atoms with Gasteiger partial charge in [-0.2, -0.15) is 4.31 Å². The van der Waals surface area contributed by atoms with Gasteiger partial charge in [0.05, 0.1) is 4.90 Å². The lowest BCUT2D eigenvalue weighted by Crippen LogP contribution is -2.32. The standard InChI is InChI=1S/C19H22N4O4S2/c24-17(16-13-20-19-23(18(16)25)10-11-28-19)21-14-6-5-7-15(12-14)29(26,27)22-8-3-1-2-4-9-22/h5-7,12-13H,1-4,8-11H2,(H,21,24). The molecule has 2 aliphatic rings. The highest BCUT2D eigenvalue weighted by molar-refractivity contribution is 7.99. The Morgan fingerprint density at radius 3 is 2.62 bits per heavy atom. The van der Waals surface area contributed by atoms with Crippen LogP contribution in [-0.2, 0) is 16.6 Å². The predicted molar refractivity (Wildman–Crippen MR) is 111 cm³/mol. The molecule has 0 radical (unpaired) electrons. The molecule has 1 saturated heterocycles. The first-order valence-corrected chi connectivity index (χ1v) is 12.0. The van der Waals surface area contributed by atoms with Gasteiger partial charge in [0.2, 0.25) is 10.0 Å². The molecule has 4 rings (SSSR count). The molecule has 1 N–H and O–H groups in total. The Labute approximate surface area is 173 Å². The van der Waals surface area contributed by atoms with Crippen LogP contribution in [0.3, 0.4) is 0 Å². The van der Waals surface area contributed by atoms with Crippen molar-refractivity contribution in [2.45, 2.75) is 42.3 Å². The summed E-state index contributed by atoms with van der Waals surface area (Å²) in [5.41, 5.74) is -0.118. The third-order valence-corrected chi connectivity index (χ3v) is 7.96. The maximum Gasteiger partial charge on any atom is 0.267 e. The fourth-order valence-corrected chi connectivity index (χ4v) is 6.01. The fraction of sp³-hybridized carbons (Fsp3) is 0.421. The molecule has 1 aromatic carbocycles. The van der Waals surface area contributed by atoms with Gasteiger partial charge >= 0.3 is 0 Å². The topological polar surface area (TPSA) is 101 Å². The van der Waals surface area contributed by atoms with Crippen LogP contribution < -0.4 is 10.9 Å². The van der Waals surface area contributed by atoms with Crippen molar-refractivity contribution in [2.24, 2.45) is 0 Å². The van der Waals surface area contributed by atoms with E-state index in [1.165, 1.54) is 39.0 Å². The van der Waals surface area contributed by atoms with E-state index in [1.54, 1.807) is 12.1 Å².